The van der Waals surface area contributed by atoms with Crippen LogP contribution in [0.5, 0.6) is 0 Å². The number of benzene rings is 1. The quantitative estimate of drug-likeness (QED) is 0.817. The Morgan fingerprint density at radius 3 is 2.35 bits per heavy atom. The van der Waals surface area contributed by atoms with Crippen molar-refractivity contribution in [3.05, 3.63) is 72.1 Å². The monoisotopic (exact) mass is 310 g/mol. The summed E-state index contributed by atoms with van der Waals surface area (Å²) in [6, 6.07) is 12.1. The third kappa shape index (κ3) is 7.41. The molecule has 1 N–H and O–H groups in total. The van der Waals surface area contributed by atoms with Crippen LogP contribution in [0.4, 0.5) is 0 Å². The van der Waals surface area contributed by atoms with Crippen molar-refractivity contribution in [2.45, 2.75) is 33.6 Å². The lowest BCUT2D eigenvalue weighted by Crippen LogP contribution is -2.24. The number of aromatic nitrogens is 1. The van der Waals surface area contributed by atoms with Crippen LogP contribution in [0, 0.1) is 6.92 Å². The molecule has 0 saturated carbocycles. The predicted octanol–water partition coefficient (Wildman–Crippen LogP) is 4.64. The summed E-state index contributed by atoms with van der Waals surface area (Å²) in [4.78, 5) is 15.7. The summed E-state index contributed by atoms with van der Waals surface area (Å²) < 4.78 is 0. The zero-order chi connectivity index (χ0) is 17.1. The number of amides is 1. The molecule has 0 aliphatic carbocycles. The average Bonchev–Trinajstić information content (AvgIpc) is 2.56. The van der Waals surface area contributed by atoms with Gasteiger partial charge in [0.2, 0.25) is 0 Å². The van der Waals surface area contributed by atoms with E-state index in [1.165, 1.54) is 5.56 Å². The van der Waals surface area contributed by atoms with Crippen molar-refractivity contribution >= 4 is 11.5 Å². The molecule has 0 bridgehead atoms. The molecule has 1 heterocycles. The fraction of sp³-hybridized carbons (Fsp3) is 0.300. The Hall–Kier alpha value is -2.42. The van der Waals surface area contributed by atoms with E-state index in [1.807, 2.05) is 31.2 Å². The Morgan fingerprint density at radius 2 is 1.83 bits per heavy atom. The molecule has 1 amide bonds. The highest BCUT2D eigenvalue weighted by Gasteiger charge is 2.06. The number of pyridine rings is 1. The molecular formula is C20H26N2O. The number of unbranched alkanes of at least 4 members (excludes halogenated alkanes) is 1. The molecule has 2 aromatic rings. The first-order valence-electron chi connectivity index (χ1n) is 7.95. The summed E-state index contributed by atoms with van der Waals surface area (Å²) in [7, 11) is 0. The van der Waals surface area contributed by atoms with Crippen LogP contribution < -0.4 is 5.32 Å². The Morgan fingerprint density at radius 1 is 1.17 bits per heavy atom. The topological polar surface area (TPSA) is 42.0 Å². The minimum Gasteiger partial charge on any atom is -0.352 e. The SMILES string of the molecule is C=C(C)c1cncc(C(=O)NCCCC)c1.Cc1ccccc1. The normalized spacial score (nSPS) is 9.52. The second-order valence-corrected chi connectivity index (χ2v) is 5.51. The first kappa shape index (κ1) is 18.6. The van der Waals surface area contributed by atoms with Crippen LogP contribution in [-0.2, 0) is 0 Å². The fourth-order valence-electron chi connectivity index (χ4n) is 1.81. The number of carbonyl (C=O) groups excluding carboxylic acids is 1. The molecule has 0 spiro atoms. The highest BCUT2D eigenvalue weighted by Crippen LogP contribution is 2.11. The zero-order valence-electron chi connectivity index (χ0n) is 14.3. The van der Waals surface area contributed by atoms with Gasteiger partial charge in [-0.3, -0.25) is 9.78 Å². The Labute approximate surface area is 139 Å². The van der Waals surface area contributed by atoms with Gasteiger partial charge in [-0.1, -0.05) is 55.8 Å². The van der Waals surface area contributed by atoms with Gasteiger partial charge >= 0.3 is 0 Å². The van der Waals surface area contributed by atoms with E-state index in [0.29, 0.717) is 12.1 Å². The molecule has 0 aliphatic heterocycles. The molecule has 0 aliphatic rings. The van der Waals surface area contributed by atoms with Gasteiger partial charge in [-0.2, -0.15) is 0 Å². The van der Waals surface area contributed by atoms with E-state index in [-0.39, 0.29) is 5.91 Å². The maximum atomic E-state index is 11.7. The van der Waals surface area contributed by atoms with Crippen molar-refractivity contribution in [3.63, 3.8) is 0 Å². The van der Waals surface area contributed by atoms with Gasteiger partial charge in [0, 0.05) is 18.9 Å². The van der Waals surface area contributed by atoms with Crippen LogP contribution in [0.2, 0.25) is 0 Å². The van der Waals surface area contributed by atoms with Gasteiger partial charge in [0.25, 0.3) is 5.91 Å². The maximum absolute atomic E-state index is 11.7. The van der Waals surface area contributed by atoms with Crippen LogP contribution >= 0.6 is 0 Å². The number of aryl methyl sites for hydroxylation is 1. The number of nitrogens with zero attached hydrogens (tertiary/aromatic N) is 1. The van der Waals surface area contributed by atoms with E-state index in [0.717, 1.165) is 24.0 Å². The molecule has 0 atom stereocenters. The van der Waals surface area contributed by atoms with Crippen LogP contribution in [0.3, 0.4) is 0 Å². The molecule has 0 saturated heterocycles. The van der Waals surface area contributed by atoms with E-state index in [9.17, 15) is 4.79 Å². The Balaban J connectivity index is 0.000000313. The first-order valence-corrected chi connectivity index (χ1v) is 7.95. The van der Waals surface area contributed by atoms with Gasteiger partial charge in [0.15, 0.2) is 0 Å². The van der Waals surface area contributed by atoms with Crippen molar-refractivity contribution in [1.29, 1.82) is 0 Å². The first-order chi connectivity index (χ1) is 11.0. The smallest absolute Gasteiger partial charge is 0.252 e. The summed E-state index contributed by atoms with van der Waals surface area (Å²) in [6.45, 7) is 10.6. The van der Waals surface area contributed by atoms with Crippen molar-refractivity contribution in [1.82, 2.24) is 10.3 Å². The van der Waals surface area contributed by atoms with Crippen LogP contribution in [-0.4, -0.2) is 17.4 Å². The van der Waals surface area contributed by atoms with Gasteiger partial charge < -0.3 is 5.32 Å². The Kier molecular flexibility index (Phi) is 8.37. The summed E-state index contributed by atoms with van der Waals surface area (Å²) in [5.41, 5.74) is 3.73. The highest BCUT2D eigenvalue weighted by atomic mass is 16.1. The second kappa shape index (κ2) is 10.3. The number of hydrogen-bond acceptors (Lipinski definition) is 2. The molecule has 3 heteroatoms. The van der Waals surface area contributed by atoms with E-state index in [2.05, 4.69) is 42.9 Å². The molecule has 2 rings (SSSR count). The molecule has 1 aromatic carbocycles. The standard InChI is InChI=1S/C13H18N2O.C7H8/c1-4-5-6-15-13(16)12-7-11(10(2)3)8-14-9-12;1-7-5-3-2-4-6-7/h7-9H,2,4-6H2,1,3H3,(H,15,16);2-6H,1H3. The summed E-state index contributed by atoms with van der Waals surface area (Å²) in [5.74, 6) is -0.0657. The number of allylic oxidation sites excluding steroid dienone is 1. The molecular weight excluding hydrogens is 284 g/mol. The molecule has 1 aromatic heterocycles. The number of carbonyl (C=O) groups is 1. The third-order valence-corrected chi connectivity index (χ3v) is 3.25. The average molecular weight is 310 g/mol. The number of hydrogen-bond donors (Lipinski definition) is 1. The van der Waals surface area contributed by atoms with Gasteiger partial charge in [0.1, 0.15) is 0 Å². The third-order valence-electron chi connectivity index (χ3n) is 3.25. The molecule has 0 radical (unpaired) electrons. The lowest BCUT2D eigenvalue weighted by Gasteiger charge is -2.05. The van der Waals surface area contributed by atoms with Gasteiger partial charge in [-0.05, 0) is 37.5 Å². The van der Waals surface area contributed by atoms with Crippen molar-refractivity contribution < 1.29 is 4.79 Å². The van der Waals surface area contributed by atoms with E-state index >= 15 is 0 Å². The highest BCUT2D eigenvalue weighted by molar-refractivity contribution is 5.94. The predicted molar refractivity (Wildman–Crippen MR) is 97.4 cm³/mol. The minimum atomic E-state index is -0.0657. The van der Waals surface area contributed by atoms with Gasteiger partial charge in [0.05, 0.1) is 5.56 Å². The number of rotatable bonds is 5. The lowest BCUT2D eigenvalue weighted by molar-refractivity contribution is 0.0953. The number of nitrogens with one attached hydrogen (secondary N) is 1. The van der Waals surface area contributed by atoms with Crippen LogP contribution in [0.1, 0.15) is 48.2 Å². The maximum Gasteiger partial charge on any atom is 0.252 e. The minimum absolute atomic E-state index is 0.0657. The molecule has 122 valence electrons. The van der Waals surface area contributed by atoms with Crippen LogP contribution in [0.15, 0.2) is 55.4 Å². The lowest BCUT2D eigenvalue weighted by atomic mass is 10.1. The molecule has 0 unspecified atom stereocenters. The van der Waals surface area contributed by atoms with Crippen molar-refractivity contribution in [3.8, 4) is 0 Å². The molecule has 0 fully saturated rings. The van der Waals surface area contributed by atoms with Crippen molar-refractivity contribution in [2.24, 2.45) is 0 Å². The zero-order valence-corrected chi connectivity index (χ0v) is 14.3. The van der Waals surface area contributed by atoms with Gasteiger partial charge in [-0.25, -0.2) is 0 Å². The molecule has 3 nitrogen and oxygen atoms in total. The Bertz CT molecular complexity index is 621. The van der Waals surface area contributed by atoms with E-state index in [1.54, 1.807) is 12.4 Å². The van der Waals surface area contributed by atoms with Crippen LogP contribution in [0.25, 0.3) is 5.57 Å². The summed E-state index contributed by atoms with van der Waals surface area (Å²) in [5, 5.41) is 2.86. The molecule has 23 heavy (non-hydrogen) atoms. The largest absolute Gasteiger partial charge is 0.352 e. The van der Waals surface area contributed by atoms with Crippen molar-refractivity contribution in [2.75, 3.05) is 6.54 Å². The summed E-state index contributed by atoms with van der Waals surface area (Å²) in [6.07, 6.45) is 5.36. The van der Waals surface area contributed by atoms with E-state index in [4.69, 9.17) is 0 Å². The summed E-state index contributed by atoms with van der Waals surface area (Å²) >= 11 is 0. The van der Waals surface area contributed by atoms with Gasteiger partial charge in [-0.15, -0.1) is 0 Å². The second-order valence-electron chi connectivity index (χ2n) is 5.51. The van der Waals surface area contributed by atoms with E-state index < -0.39 is 0 Å². The fourth-order valence-corrected chi connectivity index (χ4v) is 1.81.